The van der Waals surface area contributed by atoms with E-state index in [1.165, 1.54) is 44.9 Å². The number of unbranched alkanes of at least 4 members (excludes halogenated alkanes) is 12. The fourth-order valence-electron chi connectivity index (χ4n) is 7.27. The molecule has 0 aromatic heterocycles. The maximum atomic E-state index is 11.7. The Morgan fingerprint density at radius 2 is 1.09 bits per heavy atom. The first kappa shape index (κ1) is 38.4. The van der Waals surface area contributed by atoms with Gasteiger partial charge in [-0.2, -0.15) is 0 Å². The zero-order valence-electron chi connectivity index (χ0n) is 28.5. The summed E-state index contributed by atoms with van der Waals surface area (Å²) in [6.45, 7) is 4.06. The zero-order chi connectivity index (χ0) is 32.4. The minimum absolute atomic E-state index is 0.0267. The number of esters is 1. The molecule has 3 unspecified atom stereocenters. The van der Waals surface area contributed by atoms with E-state index in [9.17, 15) is 25.2 Å². The fourth-order valence-corrected chi connectivity index (χ4v) is 7.27. The largest absolute Gasteiger partial charge is 0.455 e. The number of ether oxygens (including phenoxy) is 3. The Labute approximate surface area is 273 Å². The SMILES string of the molecule is CCCCCCCCCC[C@H](O)[C@H]1CC[C@H]([C@H]2CC[C@H]([C@H](O)CCCCCCCCC(O)C(O)CCC3=CC(C)OC3=O)O2)O1. The van der Waals surface area contributed by atoms with Gasteiger partial charge < -0.3 is 34.6 Å². The van der Waals surface area contributed by atoms with Crippen LogP contribution in [0, 0.1) is 0 Å². The highest BCUT2D eigenvalue weighted by molar-refractivity contribution is 5.90. The second-order valence-electron chi connectivity index (χ2n) is 14.2. The average molecular weight is 639 g/mol. The maximum Gasteiger partial charge on any atom is 0.334 e. The number of carbonyl (C=O) groups excluding carboxylic acids is 1. The van der Waals surface area contributed by atoms with Crippen LogP contribution in [-0.4, -0.2) is 81.3 Å². The third-order valence-electron chi connectivity index (χ3n) is 10.2. The molecular formula is C37H66O8. The van der Waals surface area contributed by atoms with Crippen LogP contribution >= 0.6 is 0 Å². The number of hydrogen-bond donors (Lipinski definition) is 4. The molecule has 0 aromatic rings. The van der Waals surface area contributed by atoms with Crippen LogP contribution < -0.4 is 0 Å². The Hall–Kier alpha value is -1.03. The Balaban J connectivity index is 1.15. The first-order valence-corrected chi connectivity index (χ1v) is 18.7. The number of aliphatic hydroxyl groups is 4. The minimum Gasteiger partial charge on any atom is -0.455 e. The molecule has 3 rings (SSSR count). The molecule has 0 aliphatic carbocycles. The van der Waals surface area contributed by atoms with Gasteiger partial charge in [-0.3, -0.25) is 0 Å². The first-order chi connectivity index (χ1) is 21.8. The van der Waals surface area contributed by atoms with Gasteiger partial charge in [0.2, 0.25) is 0 Å². The summed E-state index contributed by atoms with van der Waals surface area (Å²) in [6.07, 6.45) is 21.8. The van der Waals surface area contributed by atoms with Crippen molar-refractivity contribution in [3.8, 4) is 0 Å². The lowest BCUT2D eigenvalue weighted by molar-refractivity contribution is -0.139. The molecule has 2 saturated heterocycles. The fraction of sp³-hybridized carbons (Fsp3) is 0.919. The summed E-state index contributed by atoms with van der Waals surface area (Å²) in [4.78, 5) is 11.7. The molecule has 3 heterocycles. The van der Waals surface area contributed by atoms with E-state index in [1.54, 1.807) is 6.08 Å². The quantitative estimate of drug-likeness (QED) is 0.0634. The van der Waals surface area contributed by atoms with E-state index in [-0.39, 0.29) is 42.6 Å². The van der Waals surface area contributed by atoms with Crippen LogP contribution in [0.25, 0.3) is 0 Å². The van der Waals surface area contributed by atoms with Gasteiger partial charge in [0.1, 0.15) is 6.10 Å². The number of aliphatic hydroxyl groups excluding tert-OH is 4. The molecule has 0 bridgehead atoms. The van der Waals surface area contributed by atoms with E-state index in [0.717, 1.165) is 83.5 Å². The first-order valence-electron chi connectivity index (χ1n) is 18.7. The molecule has 0 amide bonds. The average Bonchev–Trinajstić information content (AvgIpc) is 3.78. The van der Waals surface area contributed by atoms with Crippen LogP contribution in [0.15, 0.2) is 11.6 Å². The molecule has 9 atom stereocenters. The molecule has 45 heavy (non-hydrogen) atoms. The van der Waals surface area contributed by atoms with Crippen molar-refractivity contribution in [3.63, 3.8) is 0 Å². The summed E-state index contributed by atoms with van der Waals surface area (Å²) in [6, 6.07) is 0. The molecule has 0 radical (unpaired) electrons. The Morgan fingerprint density at radius 3 is 1.56 bits per heavy atom. The molecule has 3 aliphatic rings. The third kappa shape index (κ3) is 14.3. The van der Waals surface area contributed by atoms with Gasteiger partial charge in [-0.1, -0.05) is 96.8 Å². The molecule has 8 heteroatoms. The van der Waals surface area contributed by atoms with Crippen molar-refractivity contribution in [1.82, 2.24) is 0 Å². The van der Waals surface area contributed by atoms with E-state index >= 15 is 0 Å². The van der Waals surface area contributed by atoms with Crippen LogP contribution in [-0.2, 0) is 19.0 Å². The second-order valence-corrected chi connectivity index (χ2v) is 14.2. The van der Waals surface area contributed by atoms with Gasteiger partial charge in [0.25, 0.3) is 0 Å². The second kappa shape index (κ2) is 21.8. The highest BCUT2D eigenvalue weighted by atomic mass is 16.6. The molecule has 4 N–H and O–H groups in total. The van der Waals surface area contributed by atoms with Crippen molar-refractivity contribution < 1.29 is 39.4 Å². The lowest BCUT2D eigenvalue weighted by Gasteiger charge is -2.24. The standard InChI is InChI=1S/C37H66O8/c1-3-4-5-6-7-8-12-15-18-31(40)33-22-24-35(44-33)36-25-23-34(45-36)32(41)19-16-13-10-9-11-14-17-29(38)30(39)21-20-28-26-27(2)43-37(28)42/h26-27,29-36,38-41H,3-25H2,1-2H3/t27?,29?,30?,31-,32+,33+,34+,35+,36+/m0/s1. The lowest BCUT2D eigenvalue weighted by Crippen LogP contribution is -2.33. The van der Waals surface area contributed by atoms with E-state index in [1.807, 2.05) is 6.92 Å². The molecule has 0 spiro atoms. The van der Waals surface area contributed by atoms with Gasteiger partial charge in [0, 0.05) is 5.57 Å². The molecule has 2 fully saturated rings. The smallest absolute Gasteiger partial charge is 0.334 e. The van der Waals surface area contributed by atoms with Gasteiger partial charge in [0.05, 0.1) is 48.8 Å². The summed E-state index contributed by atoms with van der Waals surface area (Å²) in [5.74, 6) is -0.315. The summed E-state index contributed by atoms with van der Waals surface area (Å²) < 4.78 is 17.6. The van der Waals surface area contributed by atoms with Gasteiger partial charge in [-0.15, -0.1) is 0 Å². The van der Waals surface area contributed by atoms with Gasteiger partial charge in [-0.05, 0) is 70.8 Å². The van der Waals surface area contributed by atoms with Crippen LogP contribution in [0.3, 0.4) is 0 Å². The van der Waals surface area contributed by atoms with Crippen LogP contribution in [0.2, 0.25) is 0 Å². The van der Waals surface area contributed by atoms with Gasteiger partial charge in [0.15, 0.2) is 0 Å². The van der Waals surface area contributed by atoms with Crippen molar-refractivity contribution in [2.24, 2.45) is 0 Å². The summed E-state index contributed by atoms with van der Waals surface area (Å²) in [7, 11) is 0. The molecule has 0 saturated carbocycles. The lowest BCUT2D eigenvalue weighted by atomic mass is 9.98. The van der Waals surface area contributed by atoms with Crippen LogP contribution in [0.1, 0.15) is 162 Å². The number of carbonyl (C=O) groups is 1. The van der Waals surface area contributed by atoms with Crippen molar-refractivity contribution in [3.05, 3.63) is 11.6 Å². The normalized spacial score (nSPS) is 27.8. The Morgan fingerprint density at radius 1 is 0.644 bits per heavy atom. The highest BCUT2D eigenvalue weighted by Gasteiger charge is 2.40. The van der Waals surface area contributed by atoms with Gasteiger partial charge in [-0.25, -0.2) is 4.79 Å². The van der Waals surface area contributed by atoms with Crippen molar-refractivity contribution in [2.75, 3.05) is 0 Å². The number of cyclic esters (lactones) is 1. The predicted octanol–water partition coefficient (Wildman–Crippen LogP) is 6.83. The number of rotatable bonds is 25. The third-order valence-corrected chi connectivity index (χ3v) is 10.2. The van der Waals surface area contributed by atoms with Crippen LogP contribution in [0.5, 0.6) is 0 Å². The van der Waals surface area contributed by atoms with E-state index in [4.69, 9.17) is 14.2 Å². The Kier molecular flexibility index (Phi) is 18.6. The van der Waals surface area contributed by atoms with Crippen molar-refractivity contribution in [2.45, 2.75) is 216 Å². The number of hydrogen-bond acceptors (Lipinski definition) is 8. The van der Waals surface area contributed by atoms with Gasteiger partial charge >= 0.3 is 5.97 Å². The van der Waals surface area contributed by atoms with Crippen LogP contribution in [0.4, 0.5) is 0 Å². The maximum absolute atomic E-state index is 11.7. The zero-order valence-corrected chi connectivity index (χ0v) is 28.5. The molecule has 8 nitrogen and oxygen atoms in total. The topological polar surface area (TPSA) is 126 Å². The Bertz CT molecular complexity index is 833. The van der Waals surface area contributed by atoms with E-state index < -0.39 is 18.3 Å². The van der Waals surface area contributed by atoms with E-state index in [0.29, 0.717) is 24.8 Å². The van der Waals surface area contributed by atoms with Crippen molar-refractivity contribution >= 4 is 5.97 Å². The summed E-state index contributed by atoms with van der Waals surface area (Å²) in [5.41, 5.74) is 0.592. The molecule has 0 aromatic carbocycles. The predicted molar refractivity (Wildman–Crippen MR) is 177 cm³/mol. The monoisotopic (exact) mass is 638 g/mol. The van der Waals surface area contributed by atoms with E-state index in [2.05, 4.69) is 6.92 Å². The summed E-state index contributed by atoms with van der Waals surface area (Å²) >= 11 is 0. The summed E-state index contributed by atoms with van der Waals surface area (Å²) in [5, 5.41) is 42.0. The van der Waals surface area contributed by atoms with Crippen molar-refractivity contribution in [1.29, 1.82) is 0 Å². The minimum atomic E-state index is -0.828. The molecular weight excluding hydrogens is 572 g/mol. The molecule has 3 aliphatic heterocycles. The molecule has 262 valence electrons. The highest BCUT2D eigenvalue weighted by Crippen LogP contribution is 2.34.